The summed E-state index contributed by atoms with van der Waals surface area (Å²) >= 11 is 3.55. The predicted molar refractivity (Wildman–Crippen MR) is 94.4 cm³/mol. The van der Waals surface area contributed by atoms with Gasteiger partial charge >= 0.3 is 0 Å². The highest BCUT2D eigenvalue weighted by Crippen LogP contribution is 2.14. The summed E-state index contributed by atoms with van der Waals surface area (Å²) in [5.74, 6) is 0.848. The number of benzene rings is 1. The molecule has 5 heteroatoms. The van der Waals surface area contributed by atoms with E-state index in [0.717, 1.165) is 25.5 Å². The molecule has 2 rings (SSSR count). The first-order valence-electron chi connectivity index (χ1n) is 6.91. The Hall–Kier alpha value is -1.46. The number of thiophene rings is 1. The summed E-state index contributed by atoms with van der Waals surface area (Å²) in [4.78, 5) is 6.93. The molecule has 1 aromatic heterocycles. The van der Waals surface area contributed by atoms with Crippen molar-refractivity contribution in [2.45, 2.75) is 17.9 Å². The minimum absolute atomic E-state index is 0.785. The molecule has 112 valence electrons. The summed E-state index contributed by atoms with van der Waals surface area (Å²) in [6, 6.07) is 12.8. The number of rotatable bonds is 6. The lowest BCUT2D eigenvalue weighted by molar-refractivity contribution is 0.799. The van der Waals surface area contributed by atoms with Crippen molar-refractivity contribution in [3.63, 3.8) is 0 Å². The average Bonchev–Trinajstić information content (AvgIpc) is 3.04. The molecule has 0 radical (unpaired) electrons. The summed E-state index contributed by atoms with van der Waals surface area (Å²) in [6.07, 6.45) is 3.12. The van der Waals surface area contributed by atoms with Crippen LogP contribution < -0.4 is 10.6 Å². The molecule has 3 nitrogen and oxygen atoms in total. The number of nitrogens with one attached hydrogen (secondary N) is 2. The first-order chi connectivity index (χ1) is 10.3. The second-order valence-electron chi connectivity index (χ2n) is 4.53. The van der Waals surface area contributed by atoms with Crippen molar-refractivity contribution >= 4 is 29.1 Å². The molecule has 21 heavy (non-hydrogen) atoms. The van der Waals surface area contributed by atoms with Crippen LogP contribution in [0.4, 0.5) is 0 Å². The number of hydrogen-bond donors (Lipinski definition) is 2. The molecular formula is C16H21N3S2. The van der Waals surface area contributed by atoms with Crippen molar-refractivity contribution in [2.75, 3.05) is 19.8 Å². The maximum atomic E-state index is 4.25. The Morgan fingerprint density at radius 3 is 2.62 bits per heavy atom. The van der Waals surface area contributed by atoms with Crippen molar-refractivity contribution in [2.24, 2.45) is 4.99 Å². The van der Waals surface area contributed by atoms with Crippen LogP contribution in [0.25, 0.3) is 0 Å². The van der Waals surface area contributed by atoms with Crippen molar-refractivity contribution in [3.8, 4) is 0 Å². The molecule has 0 saturated heterocycles. The van der Waals surface area contributed by atoms with Crippen LogP contribution in [-0.4, -0.2) is 25.8 Å². The van der Waals surface area contributed by atoms with Gasteiger partial charge < -0.3 is 10.6 Å². The number of thioether (sulfide) groups is 1. The van der Waals surface area contributed by atoms with E-state index in [9.17, 15) is 0 Å². The highest BCUT2D eigenvalue weighted by Gasteiger charge is 1.99. The van der Waals surface area contributed by atoms with Gasteiger partial charge in [0.05, 0.1) is 0 Å². The molecule has 0 unspecified atom stereocenters. The smallest absolute Gasteiger partial charge is 0.191 e. The monoisotopic (exact) mass is 319 g/mol. The van der Waals surface area contributed by atoms with Gasteiger partial charge in [-0.3, -0.25) is 4.99 Å². The van der Waals surface area contributed by atoms with Crippen molar-refractivity contribution < 1.29 is 0 Å². The SMILES string of the molecule is CN=C(NCCc1cccs1)NCc1ccc(SC)cc1. The van der Waals surface area contributed by atoms with Gasteiger partial charge in [0.15, 0.2) is 5.96 Å². The zero-order chi connectivity index (χ0) is 14.9. The zero-order valence-corrected chi connectivity index (χ0v) is 14.1. The molecule has 0 bridgehead atoms. The molecular weight excluding hydrogens is 298 g/mol. The second-order valence-corrected chi connectivity index (χ2v) is 6.44. The molecule has 0 fully saturated rings. The third-order valence-corrected chi connectivity index (χ3v) is 4.77. The Morgan fingerprint density at radius 1 is 1.19 bits per heavy atom. The minimum Gasteiger partial charge on any atom is -0.356 e. The molecule has 0 aliphatic heterocycles. The summed E-state index contributed by atoms with van der Waals surface area (Å²) in [5, 5.41) is 8.79. The van der Waals surface area contributed by atoms with Gasteiger partial charge in [-0.2, -0.15) is 0 Å². The summed E-state index contributed by atoms with van der Waals surface area (Å²) in [7, 11) is 1.80. The average molecular weight is 319 g/mol. The number of nitrogens with zero attached hydrogens (tertiary/aromatic N) is 1. The van der Waals surface area contributed by atoms with Crippen molar-refractivity contribution in [1.82, 2.24) is 10.6 Å². The standard InChI is InChI=1S/C16H21N3S2/c1-17-16(18-10-9-15-4-3-11-21-15)19-12-13-5-7-14(20-2)8-6-13/h3-8,11H,9-10,12H2,1-2H3,(H2,17,18,19). The molecule has 1 aromatic carbocycles. The van der Waals surface area contributed by atoms with E-state index in [1.165, 1.54) is 15.3 Å². The third-order valence-electron chi connectivity index (χ3n) is 3.09. The van der Waals surface area contributed by atoms with Crippen LogP contribution in [0.3, 0.4) is 0 Å². The predicted octanol–water partition coefficient (Wildman–Crippen LogP) is 3.38. The fourth-order valence-corrected chi connectivity index (χ4v) is 3.03. The molecule has 0 amide bonds. The molecule has 0 saturated carbocycles. The Labute approximate surface area is 134 Å². The van der Waals surface area contributed by atoms with Gasteiger partial charge in [0.2, 0.25) is 0 Å². The number of aliphatic imine (C=N–C) groups is 1. The molecule has 1 heterocycles. The Balaban J connectivity index is 1.74. The van der Waals surface area contributed by atoms with Crippen LogP contribution in [0.2, 0.25) is 0 Å². The van der Waals surface area contributed by atoms with E-state index in [0.29, 0.717) is 0 Å². The first kappa shape index (κ1) is 15.9. The van der Waals surface area contributed by atoms with E-state index >= 15 is 0 Å². The van der Waals surface area contributed by atoms with E-state index in [-0.39, 0.29) is 0 Å². The van der Waals surface area contributed by atoms with E-state index in [1.807, 2.05) is 0 Å². The van der Waals surface area contributed by atoms with E-state index < -0.39 is 0 Å². The van der Waals surface area contributed by atoms with Crippen LogP contribution in [-0.2, 0) is 13.0 Å². The van der Waals surface area contributed by atoms with Gasteiger partial charge in [-0.15, -0.1) is 23.1 Å². The normalized spacial score (nSPS) is 11.4. The Kier molecular flexibility index (Phi) is 6.63. The molecule has 0 aliphatic carbocycles. The highest BCUT2D eigenvalue weighted by molar-refractivity contribution is 7.98. The quantitative estimate of drug-likeness (QED) is 0.487. The summed E-state index contributed by atoms with van der Waals surface area (Å²) in [6.45, 7) is 1.68. The van der Waals surface area contributed by atoms with Crippen molar-refractivity contribution in [3.05, 3.63) is 52.2 Å². The van der Waals surface area contributed by atoms with Gasteiger partial charge in [0.1, 0.15) is 0 Å². The van der Waals surface area contributed by atoms with Gasteiger partial charge in [-0.05, 0) is 41.8 Å². The lowest BCUT2D eigenvalue weighted by atomic mass is 10.2. The molecule has 2 aromatic rings. The maximum absolute atomic E-state index is 4.25. The lowest BCUT2D eigenvalue weighted by Gasteiger charge is -2.11. The number of guanidine groups is 1. The first-order valence-corrected chi connectivity index (χ1v) is 9.02. The molecule has 2 N–H and O–H groups in total. The molecule has 0 aliphatic rings. The van der Waals surface area contributed by atoms with Crippen LogP contribution in [0, 0.1) is 0 Å². The van der Waals surface area contributed by atoms with E-state index in [4.69, 9.17) is 0 Å². The topological polar surface area (TPSA) is 36.4 Å². The molecule has 0 spiro atoms. The summed E-state index contributed by atoms with van der Waals surface area (Å²) in [5.41, 5.74) is 1.26. The van der Waals surface area contributed by atoms with Crippen LogP contribution in [0.5, 0.6) is 0 Å². The van der Waals surface area contributed by atoms with Gasteiger partial charge in [0.25, 0.3) is 0 Å². The largest absolute Gasteiger partial charge is 0.356 e. The molecule has 0 atom stereocenters. The van der Waals surface area contributed by atoms with Gasteiger partial charge in [-0.1, -0.05) is 18.2 Å². The van der Waals surface area contributed by atoms with Gasteiger partial charge in [0, 0.05) is 29.9 Å². The second kappa shape index (κ2) is 8.74. The van der Waals surface area contributed by atoms with Gasteiger partial charge in [-0.25, -0.2) is 0 Å². The van der Waals surface area contributed by atoms with E-state index in [1.54, 1.807) is 30.1 Å². The lowest BCUT2D eigenvalue weighted by Crippen LogP contribution is -2.37. The van der Waals surface area contributed by atoms with E-state index in [2.05, 4.69) is 63.7 Å². The van der Waals surface area contributed by atoms with Crippen LogP contribution in [0.15, 0.2) is 51.7 Å². The Morgan fingerprint density at radius 2 is 2.00 bits per heavy atom. The van der Waals surface area contributed by atoms with Crippen LogP contribution in [0.1, 0.15) is 10.4 Å². The number of hydrogen-bond acceptors (Lipinski definition) is 3. The zero-order valence-electron chi connectivity index (χ0n) is 12.4. The van der Waals surface area contributed by atoms with Crippen molar-refractivity contribution in [1.29, 1.82) is 0 Å². The maximum Gasteiger partial charge on any atom is 0.191 e. The highest BCUT2D eigenvalue weighted by atomic mass is 32.2. The third kappa shape index (κ3) is 5.44. The van der Waals surface area contributed by atoms with Crippen LogP contribution >= 0.6 is 23.1 Å². The summed E-state index contributed by atoms with van der Waals surface area (Å²) < 4.78 is 0. The Bertz CT molecular complexity index is 547. The minimum atomic E-state index is 0.785. The fraction of sp³-hybridized carbons (Fsp3) is 0.312. The fourth-order valence-electron chi connectivity index (χ4n) is 1.91.